The zero-order valence-electron chi connectivity index (χ0n) is 15.9. The van der Waals surface area contributed by atoms with Crippen molar-refractivity contribution in [3.63, 3.8) is 0 Å². The lowest BCUT2D eigenvalue weighted by atomic mass is 9.93. The number of rotatable bonds is 4. The Morgan fingerprint density at radius 1 is 0.367 bits per heavy atom. The molecule has 3 rings (SSSR count). The molecule has 0 saturated heterocycles. The molecule has 0 spiro atoms. The Balaban J connectivity index is 2.10. The lowest BCUT2D eigenvalue weighted by Gasteiger charge is -2.07. The standard InChI is InChI=1S/C26H14N4/c27-15-23(19-7-3-1-4-8-19)25(17-29)21-11-13-22(14-12-21)26(18-30)24(16-28)20-9-5-2-6-10-20/h1-14H. The van der Waals surface area contributed by atoms with Gasteiger partial charge in [-0.15, -0.1) is 0 Å². The molecular formula is C26H14N4. The first kappa shape index (κ1) is 19.9. The third-order valence-corrected chi connectivity index (χ3v) is 4.53. The van der Waals surface area contributed by atoms with Gasteiger partial charge in [0.15, 0.2) is 0 Å². The molecule has 0 aliphatic rings. The molecule has 3 aromatic rings. The largest absolute Gasteiger partial charge is 0.192 e. The van der Waals surface area contributed by atoms with Crippen LogP contribution in [0.25, 0.3) is 22.3 Å². The summed E-state index contributed by atoms with van der Waals surface area (Å²) in [6, 6.07) is 33.2. The molecule has 3 aromatic carbocycles. The van der Waals surface area contributed by atoms with Crippen molar-refractivity contribution in [2.24, 2.45) is 0 Å². The van der Waals surface area contributed by atoms with Crippen LogP contribution in [0.5, 0.6) is 0 Å². The van der Waals surface area contributed by atoms with Gasteiger partial charge in [0.05, 0.1) is 22.3 Å². The van der Waals surface area contributed by atoms with Gasteiger partial charge in [0.1, 0.15) is 24.3 Å². The molecular weight excluding hydrogens is 368 g/mol. The van der Waals surface area contributed by atoms with Crippen molar-refractivity contribution >= 4 is 22.3 Å². The van der Waals surface area contributed by atoms with Crippen molar-refractivity contribution in [3.05, 3.63) is 107 Å². The van der Waals surface area contributed by atoms with Gasteiger partial charge in [-0.05, 0) is 22.3 Å². The molecule has 0 atom stereocenters. The zero-order chi connectivity index (χ0) is 21.3. The fraction of sp³-hybridized carbons (Fsp3) is 0. The molecule has 138 valence electrons. The highest BCUT2D eigenvalue weighted by molar-refractivity contribution is 6.04. The molecule has 30 heavy (non-hydrogen) atoms. The molecule has 0 heterocycles. The quantitative estimate of drug-likeness (QED) is 0.433. The minimum absolute atomic E-state index is 0.251. The van der Waals surface area contributed by atoms with Gasteiger partial charge in [0.25, 0.3) is 0 Å². The summed E-state index contributed by atoms with van der Waals surface area (Å²) < 4.78 is 0. The molecule has 0 aliphatic carbocycles. The maximum absolute atomic E-state index is 9.68. The molecule has 0 aliphatic heterocycles. The Labute approximate surface area is 175 Å². The second-order valence-corrected chi connectivity index (χ2v) is 6.26. The minimum Gasteiger partial charge on any atom is -0.192 e. The number of hydrogen-bond acceptors (Lipinski definition) is 4. The normalized spacial score (nSPS) is 11.6. The van der Waals surface area contributed by atoms with E-state index in [9.17, 15) is 21.0 Å². The Morgan fingerprint density at radius 2 is 0.600 bits per heavy atom. The summed E-state index contributed by atoms with van der Waals surface area (Å²) in [5.41, 5.74) is 3.52. The highest BCUT2D eigenvalue weighted by Crippen LogP contribution is 2.29. The maximum atomic E-state index is 9.68. The van der Waals surface area contributed by atoms with E-state index in [1.165, 1.54) is 0 Å². The first-order valence-electron chi connectivity index (χ1n) is 9.04. The summed E-state index contributed by atoms with van der Waals surface area (Å²) in [6.45, 7) is 0. The van der Waals surface area contributed by atoms with Crippen molar-refractivity contribution in [2.75, 3.05) is 0 Å². The van der Waals surface area contributed by atoms with Gasteiger partial charge in [0, 0.05) is 0 Å². The summed E-state index contributed by atoms with van der Waals surface area (Å²) in [6.07, 6.45) is 0. The van der Waals surface area contributed by atoms with Gasteiger partial charge < -0.3 is 0 Å². The van der Waals surface area contributed by atoms with E-state index in [1.54, 1.807) is 48.5 Å². The van der Waals surface area contributed by atoms with Gasteiger partial charge in [-0.1, -0.05) is 84.9 Å². The van der Waals surface area contributed by atoms with Gasteiger partial charge in [-0.25, -0.2) is 0 Å². The number of nitrogens with zero attached hydrogens (tertiary/aromatic N) is 4. The monoisotopic (exact) mass is 382 g/mol. The SMILES string of the molecule is N#CC(=C(C#N)c1ccc(C(C#N)=C(C#N)c2ccccc2)cc1)c1ccccc1. The van der Waals surface area contributed by atoms with E-state index in [-0.39, 0.29) is 22.3 Å². The fourth-order valence-corrected chi connectivity index (χ4v) is 3.07. The third kappa shape index (κ3) is 4.00. The second-order valence-electron chi connectivity index (χ2n) is 6.26. The van der Waals surface area contributed by atoms with Crippen LogP contribution >= 0.6 is 0 Å². The lowest BCUT2D eigenvalue weighted by molar-refractivity contribution is 1.48. The Kier molecular flexibility index (Phi) is 6.18. The van der Waals surface area contributed by atoms with Crippen LogP contribution in [0.3, 0.4) is 0 Å². The van der Waals surface area contributed by atoms with Crippen LogP contribution in [-0.4, -0.2) is 0 Å². The number of benzene rings is 3. The number of allylic oxidation sites excluding steroid dienone is 4. The zero-order valence-corrected chi connectivity index (χ0v) is 15.9. The van der Waals surface area contributed by atoms with Crippen molar-refractivity contribution in [2.45, 2.75) is 0 Å². The molecule has 0 fully saturated rings. The summed E-state index contributed by atoms with van der Waals surface area (Å²) >= 11 is 0. The summed E-state index contributed by atoms with van der Waals surface area (Å²) in [7, 11) is 0. The minimum atomic E-state index is 0.251. The van der Waals surface area contributed by atoms with E-state index in [2.05, 4.69) is 24.3 Å². The molecule has 0 radical (unpaired) electrons. The lowest BCUT2D eigenvalue weighted by Crippen LogP contribution is -1.92. The summed E-state index contributed by atoms with van der Waals surface area (Å²) in [5.74, 6) is 0. The smallest absolute Gasteiger partial charge is 0.101 e. The molecule has 0 amide bonds. The molecule has 4 nitrogen and oxygen atoms in total. The topological polar surface area (TPSA) is 95.2 Å². The Bertz CT molecular complexity index is 1180. The van der Waals surface area contributed by atoms with Gasteiger partial charge >= 0.3 is 0 Å². The van der Waals surface area contributed by atoms with Gasteiger partial charge in [0.2, 0.25) is 0 Å². The number of nitriles is 4. The van der Waals surface area contributed by atoms with E-state index < -0.39 is 0 Å². The first-order valence-corrected chi connectivity index (χ1v) is 9.04. The highest BCUT2D eigenvalue weighted by atomic mass is 14.3. The predicted octanol–water partition coefficient (Wildman–Crippen LogP) is 5.60. The highest BCUT2D eigenvalue weighted by Gasteiger charge is 2.14. The number of hydrogen-bond donors (Lipinski definition) is 0. The molecule has 0 saturated carbocycles. The third-order valence-electron chi connectivity index (χ3n) is 4.53. The maximum Gasteiger partial charge on any atom is 0.101 e. The van der Waals surface area contributed by atoms with Crippen molar-refractivity contribution in [3.8, 4) is 24.3 Å². The molecule has 0 N–H and O–H groups in total. The van der Waals surface area contributed by atoms with Crippen molar-refractivity contribution < 1.29 is 0 Å². The van der Waals surface area contributed by atoms with Crippen LogP contribution < -0.4 is 0 Å². The van der Waals surface area contributed by atoms with E-state index >= 15 is 0 Å². The van der Waals surface area contributed by atoms with Crippen molar-refractivity contribution in [1.82, 2.24) is 0 Å². The van der Waals surface area contributed by atoms with Gasteiger partial charge in [-0.3, -0.25) is 0 Å². The van der Waals surface area contributed by atoms with E-state index in [0.29, 0.717) is 22.3 Å². The average molecular weight is 382 g/mol. The summed E-state index contributed by atoms with van der Waals surface area (Å²) in [5, 5.41) is 38.6. The molecule has 0 bridgehead atoms. The van der Waals surface area contributed by atoms with Crippen LogP contribution in [-0.2, 0) is 0 Å². The molecule has 0 aromatic heterocycles. The first-order chi connectivity index (χ1) is 14.7. The average Bonchev–Trinajstić information content (AvgIpc) is 2.82. The van der Waals surface area contributed by atoms with E-state index in [0.717, 1.165) is 0 Å². The van der Waals surface area contributed by atoms with Crippen LogP contribution in [0.15, 0.2) is 84.9 Å². The molecule has 4 heteroatoms. The Morgan fingerprint density at radius 3 is 0.833 bits per heavy atom. The van der Waals surface area contributed by atoms with Crippen LogP contribution in [0, 0.1) is 45.3 Å². The van der Waals surface area contributed by atoms with Gasteiger partial charge in [-0.2, -0.15) is 21.0 Å². The molecule has 0 unspecified atom stereocenters. The van der Waals surface area contributed by atoms with Crippen LogP contribution in [0.2, 0.25) is 0 Å². The van der Waals surface area contributed by atoms with E-state index in [1.807, 2.05) is 36.4 Å². The van der Waals surface area contributed by atoms with Crippen molar-refractivity contribution in [1.29, 1.82) is 21.0 Å². The fourth-order valence-electron chi connectivity index (χ4n) is 3.07. The van der Waals surface area contributed by atoms with Crippen LogP contribution in [0.1, 0.15) is 22.3 Å². The van der Waals surface area contributed by atoms with E-state index in [4.69, 9.17) is 0 Å². The second kappa shape index (κ2) is 9.34. The Hall–Kier alpha value is -4.90. The van der Waals surface area contributed by atoms with Crippen LogP contribution in [0.4, 0.5) is 0 Å². The summed E-state index contributed by atoms with van der Waals surface area (Å²) in [4.78, 5) is 0. The predicted molar refractivity (Wildman–Crippen MR) is 115 cm³/mol.